The van der Waals surface area contributed by atoms with E-state index < -0.39 is 5.97 Å². The van der Waals surface area contributed by atoms with Gasteiger partial charge in [-0.25, -0.2) is 4.98 Å². The lowest BCUT2D eigenvalue weighted by atomic mass is 10.4. The summed E-state index contributed by atoms with van der Waals surface area (Å²) in [6, 6.07) is 1.73. The summed E-state index contributed by atoms with van der Waals surface area (Å²) in [7, 11) is 0. The molecule has 6 heteroatoms. The van der Waals surface area contributed by atoms with E-state index in [-0.39, 0.29) is 6.42 Å². The third-order valence-electron chi connectivity index (χ3n) is 1.74. The Bertz CT molecular complexity index is 368. The van der Waals surface area contributed by atoms with Crippen LogP contribution in [0.15, 0.2) is 6.07 Å². The first kappa shape index (κ1) is 12.2. The maximum absolute atomic E-state index is 10.3. The summed E-state index contributed by atoms with van der Waals surface area (Å²) in [5, 5.41) is 11.3. The van der Waals surface area contributed by atoms with E-state index in [9.17, 15) is 4.79 Å². The molecule has 1 aromatic heterocycles. The van der Waals surface area contributed by atoms with E-state index in [1.807, 2.05) is 13.8 Å². The van der Waals surface area contributed by atoms with Crippen molar-refractivity contribution in [3.63, 3.8) is 0 Å². The number of carboxylic acid groups (broad SMARTS) is 1. The highest BCUT2D eigenvalue weighted by Crippen LogP contribution is 2.11. The van der Waals surface area contributed by atoms with Gasteiger partial charge < -0.3 is 15.2 Å². The molecule has 0 aliphatic rings. The molecular weight excluding hydrogens is 210 g/mol. The standard InChI is InChI=1S/C10H15N3O3/c1-3-16-8-6-7(2)12-10(13-8)11-5-4-9(14)15/h6H,3-5H2,1-2H3,(H,14,15)(H,11,12,13). The number of nitrogens with one attached hydrogen (secondary N) is 1. The minimum absolute atomic E-state index is 0.0290. The number of rotatable bonds is 6. The number of aromatic nitrogens is 2. The second kappa shape index (κ2) is 5.89. The lowest BCUT2D eigenvalue weighted by Crippen LogP contribution is -2.10. The highest BCUT2D eigenvalue weighted by atomic mass is 16.5. The minimum atomic E-state index is -0.856. The second-order valence-corrected chi connectivity index (χ2v) is 3.17. The van der Waals surface area contributed by atoms with Crippen molar-refractivity contribution in [2.24, 2.45) is 0 Å². The summed E-state index contributed by atoms with van der Waals surface area (Å²) in [5.74, 6) is 0.0303. The summed E-state index contributed by atoms with van der Waals surface area (Å²) < 4.78 is 5.25. The van der Waals surface area contributed by atoms with Crippen LogP contribution in [0.4, 0.5) is 5.95 Å². The zero-order valence-electron chi connectivity index (χ0n) is 9.36. The van der Waals surface area contributed by atoms with Gasteiger partial charge >= 0.3 is 5.97 Å². The van der Waals surface area contributed by atoms with Gasteiger partial charge in [0.25, 0.3) is 0 Å². The van der Waals surface area contributed by atoms with Gasteiger partial charge in [-0.1, -0.05) is 0 Å². The molecule has 1 rings (SSSR count). The van der Waals surface area contributed by atoms with Crippen molar-refractivity contribution >= 4 is 11.9 Å². The average molecular weight is 225 g/mol. The van der Waals surface area contributed by atoms with Crippen LogP contribution in [0.5, 0.6) is 5.88 Å². The van der Waals surface area contributed by atoms with Crippen molar-refractivity contribution in [1.29, 1.82) is 0 Å². The maximum atomic E-state index is 10.3. The van der Waals surface area contributed by atoms with Crippen LogP contribution in [-0.4, -0.2) is 34.2 Å². The van der Waals surface area contributed by atoms with E-state index in [1.165, 1.54) is 0 Å². The van der Waals surface area contributed by atoms with Crippen molar-refractivity contribution in [2.75, 3.05) is 18.5 Å². The molecule has 0 aliphatic heterocycles. The predicted octanol–water partition coefficient (Wildman–Crippen LogP) is 1.07. The van der Waals surface area contributed by atoms with Gasteiger partial charge in [0.05, 0.1) is 13.0 Å². The first-order chi connectivity index (χ1) is 7.61. The second-order valence-electron chi connectivity index (χ2n) is 3.17. The van der Waals surface area contributed by atoms with Crippen LogP contribution in [-0.2, 0) is 4.79 Å². The molecule has 0 radical (unpaired) electrons. The van der Waals surface area contributed by atoms with Gasteiger partial charge in [0, 0.05) is 18.3 Å². The quantitative estimate of drug-likeness (QED) is 0.753. The van der Waals surface area contributed by atoms with Gasteiger partial charge in [0.1, 0.15) is 0 Å². The molecule has 0 fully saturated rings. The highest BCUT2D eigenvalue weighted by Gasteiger charge is 2.03. The van der Waals surface area contributed by atoms with Gasteiger partial charge in [-0.3, -0.25) is 4.79 Å². The van der Waals surface area contributed by atoms with Gasteiger partial charge in [-0.15, -0.1) is 0 Å². The van der Waals surface area contributed by atoms with Crippen molar-refractivity contribution in [3.8, 4) is 5.88 Å². The molecule has 0 aliphatic carbocycles. The van der Waals surface area contributed by atoms with Crippen molar-refractivity contribution in [2.45, 2.75) is 20.3 Å². The molecule has 0 amide bonds. The van der Waals surface area contributed by atoms with E-state index in [2.05, 4.69) is 15.3 Å². The van der Waals surface area contributed by atoms with E-state index in [1.54, 1.807) is 6.07 Å². The third kappa shape index (κ3) is 4.12. The number of ether oxygens (including phenoxy) is 1. The minimum Gasteiger partial charge on any atom is -0.481 e. The summed E-state index contributed by atoms with van der Waals surface area (Å²) in [6.07, 6.45) is 0.0290. The van der Waals surface area contributed by atoms with Crippen LogP contribution in [0.2, 0.25) is 0 Å². The van der Waals surface area contributed by atoms with E-state index in [0.29, 0.717) is 25.0 Å². The monoisotopic (exact) mass is 225 g/mol. The van der Waals surface area contributed by atoms with Crippen LogP contribution >= 0.6 is 0 Å². The topological polar surface area (TPSA) is 84.3 Å². The number of aryl methyl sites for hydroxylation is 1. The molecule has 6 nitrogen and oxygen atoms in total. The molecule has 0 saturated carbocycles. The number of nitrogens with zero attached hydrogens (tertiary/aromatic N) is 2. The fourth-order valence-corrected chi connectivity index (χ4v) is 1.12. The van der Waals surface area contributed by atoms with Gasteiger partial charge in [-0.05, 0) is 13.8 Å². The Labute approximate surface area is 93.7 Å². The SMILES string of the molecule is CCOc1cc(C)nc(NCCC(=O)O)n1. The maximum Gasteiger partial charge on any atom is 0.305 e. The molecule has 0 aromatic carbocycles. The predicted molar refractivity (Wildman–Crippen MR) is 58.7 cm³/mol. The summed E-state index contributed by atoms with van der Waals surface area (Å²) in [4.78, 5) is 18.5. The van der Waals surface area contributed by atoms with E-state index in [0.717, 1.165) is 5.69 Å². The van der Waals surface area contributed by atoms with Gasteiger partial charge in [0.2, 0.25) is 11.8 Å². The number of hydrogen-bond acceptors (Lipinski definition) is 5. The molecule has 88 valence electrons. The Morgan fingerprint density at radius 1 is 1.56 bits per heavy atom. The molecule has 0 spiro atoms. The Kier molecular flexibility index (Phi) is 4.50. The first-order valence-electron chi connectivity index (χ1n) is 5.06. The van der Waals surface area contributed by atoms with Gasteiger partial charge in [0.15, 0.2) is 0 Å². The Hall–Kier alpha value is -1.85. The summed E-state index contributed by atoms with van der Waals surface area (Å²) in [6.45, 7) is 4.52. The molecule has 2 N–H and O–H groups in total. The lowest BCUT2D eigenvalue weighted by molar-refractivity contribution is -0.136. The Morgan fingerprint density at radius 3 is 2.94 bits per heavy atom. The zero-order chi connectivity index (χ0) is 12.0. The molecule has 0 unspecified atom stereocenters. The zero-order valence-corrected chi connectivity index (χ0v) is 9.36. The lowest BCUT2D eigenvalue weighted by Gasteiger charge is -2.07. The average Bonchev–Trinajstić information content (AvgIpc) is 2.16. The van der Waals surface area contributed by atoms with Crippen LogP contribution < -0.4 is 10.1 Å². The third-order valence-corrected chi connectivity index (χ3v) is 1.74. The smallest absolute Gasteiger partial charge is 0.305 e. The van der Waals surface area contributed by atoms with Crippen LogP contribution in [0.3, 0.4) is 0 Å². The van der Waals surface area contributed by atoms with Gasteiger partial charge in [-0.2, -0.15) is 4.98 Å². The number of aliphatic carboxylic acids is 1. The number of carbonyl (C=O) groups is 1. The van der Waals surface area contributed by atoms with Crippen molar-refractivity contribution in [1.82, 2.24) is 9.97 Å². The molecule has 0 saturated heterocycles. The van der Waals surface area contributed by atoms with Crippen molar-refractivity contribution in [3.05, 3.63) is 11.8 Å². The van der Waals surface area contributed by atoms with Crippen LogP contribution in [0.25, 0.3) is 0 Å². The number of anilines is 1. The molecule has 0 atom stereocenters. The fraction of sp³-hybridized carbons (Fsp3) is 0.500. The highest BCUT2D eigenvalue weighted by molar-refractivity contribution is 5.67. The van der Waals surface area contributed by atoms with E-state index in [4.69, 9.17) is 9.84 Å². The molecule has 0 bridgehead atoms. The number of carboxylic acids is 1. The molecular formula is C10H15N3O3. The molecule has 1 aromatic rings. The molecule has 1 heterocycles. The van der Waals surface area contributed by atoms with E-state index >= 15 is 0 Å². The summed E-state index contributed by atoms with van der Waals surface area (Å²) >= 11 is 0. The fourth-order valence-electron chi connectivity index (χ4n) is 1.12. The Morgan fingerprint density at radius 2 is 2.31 bits per heavy atom. The van der Waals surface area contributed by atoms with Crippen LogP contribution in [0, 0.1) is 6.92 Å². The van der Waals surface area contributed by atoms with Crippen molar-refractivity contribution < 1.29 is 14.6 Å². The first-order valence-corrected chi connectivity index (χ1v) is 5.06. The normalized spacial score (nSPS) is 9.88. The Balaban J connectivity index is 2.61. The summed E-state index contributed by atoms with van der Waals surface area (Å²) in [5.41, 5.74) is 0.774. The molecule has 16 heavy (non-hydrogen) atoms. The largest absolute Gasteiger partial charge is 0.481 e. The number of hydrogen-bond donors (Lipinski definition) is 2. The van der Waals surface area contributed by atoms with Crippen LogP contribution in [0.1, 0.15) is 19.0 Å².